The molecule has 9 heteroatoms. The Kier molecular flexibility index (Phi) is 7.49. The Bertz CT molecular complexity index is 1050. The molecule has 5 heterocycles. The largest absolute Gasteiger partial charge is 0.357 e. The first kappa shape index (κ1) is 25.7. The number of nitrogens with one attached hydrogen (secondary N) is 1. The van der Waals surface area contributed by atoms with Crippen molar-refractivity contribution in [3.63, 3.8) is 0 Å². The quantitative estimate of drug-likeness (QED) is 0.592. The van der Waals surface area contributed by atoms with Gasteiger partial charge in [-0.25, -0.2) is 4.98 Å². The SMILES string of the molecule is CCC(CC)C(=O)N1CCC(C2CCN(c3ccc4c(n3)CN(C3CCC(=O)NC3=O)C4=O)CC2)CC1. The van der Waals surface area contributed by atoms with Crippen molar-refractivity contribution in [2.24, 2.45) is 17.8 Å². The van der Waals surface area contributed by atoms with Crippen molar-refractivity contribution in [2.75, 3.05) is 31.1 Å². The van der Waals surface area contributed by atoms with Crippen LogP contribution < -0.4 is 10.2 Å². The lowest BCUT2D eigenvalue weighted by atomic mass is 9.78. The van der Waals surface area contributed by atoms with E-state index in [1.54, 1.807) is 4.90 Å². The lowest BCUT2D eigenvalue weighted by Crippen LogP contribution is -2.52. The number of fused-ring (bicyclic) bond motifs is 1. The molecule has 0 aliphatic carbocycles. The van der Waals surface area contributed by atoms with Crippen molar-refractivity contribution in [3.05, 3.63) is 23.4 Å². The highest BCUT2D eigenvalue weighted by molar-refractivity contribution is 6.05. The van der Waals surface area contributed by atoms with Crippen LogP contribution in [0.5, 0.6) is 0 Å². The Morgan fingerprint density at radius 3 is 2.24 bits per heavy atom. The zero-order valence-corrected chi connectivity index (χ0v) is 22.1. The third-order valence-corrected chi connectivity index (χ3v) is 9.07. The van der Waals surface area contributed by atoms with Crippen molar-refractivity contribution in [2.45, 2.75) is 77.8 Å². The summed E-state index contributed by atoms with van der Waals surface area (Å²) >= 11 is 0. The van der Waals surface area contributed by atoms with Gasteiger partial charge < -0.3 is 14.7 Å². The van der Waals surface area contributed by atoms with E-state index in [0.29, 0.717) is 42.0 Å². The predicted molar refractivity (Wildman–Crippen MR) is 139 cm³/mol. The topological polar surface area (TPSA) is 103 Å². The highest BCUT2D eigenvalue weighted by Gasteiger charge is 2.40. The van der Waals surface area contributed by atoms with Crippen molar-refractivity contribution < 1.29 is 19.2 Å². The minimum atomic E-state index is -0.616. The fourth-order valence-electron chi connectivity index (χ4n) is 6.69. The van der Waals surface area contributed by atoms with Crippen LogP contribution in [0.25, 0.3) is 0 Å². The fourth-order valence-corrected chi connectivity index (χ4v) is 6.69. The molecule has 4 aliphatic rings. The van der Waals surface area contributed by atoms with Crippen LogP contribution in [-0.4, -0.2) is 70.6 Å². The number of carbonyl (C=O) groups is 4. The van der Waals surface area contributed by atoms with E-state index in [1.165, 1.54) is 0 Å². The van der Waals surface area contributed by atoms with Gasteiger partial charge in [0.2, 0.25) is 17.7 Å². The number of hydrogen-bond acceptors (Lipinski definition) is 6. The fraction of sp³-hybridized carbons (Fsp3) is 0.679. The van der Waals surface area contributed by atoms with Crippen LogP contribution in [0.4, 0.5) is 5.82 Å². The van der Waals surface area contributed by atoms with Gasteiger partial charge in [0.25, 0.3) is 5.91 Å². The third-order valence-electron chi connectivity index (χ3n) is 9.07. The van der Waals surface area contributed by atoms with Gasteiger partial charge in [-0.1, -0.05) is 13.8 Å². The molecule has 0 saturated carbocycles. The first-order chi connectivity index (χ1) is 17.9. The molecule has 1 aromatic heterocycles. The first-order valence-electron chi connectivity index (χ1n) is 14.1. The average molecular weight is 510 g/mol. The predicted octanol–water partition coefficient (Wildman–Crippen LogP) is 2.73. The number of hydrogen-bond donors (Lipinski definition) is 1. The second-order valence-electron chi connectivity index (χ2n) is 11.1. The molecule has 3 fully saturated rings. The highest BCUT2D eigenvalue weighted by atomic mass is 16.2. The Balaban J connectivity index is 1.14. The van der Waals surface area contributed by atoms with E-state index < -0.39 is 11.9 Å². The minimum Gasteiger partial charge on any atom is -0.357 e. The summed E-state index contributed by atoms with van der Waals surface area (Å²) in [5.41, 5.74) is 1.27. The third kappa shape index (κ3) is 5.09. The van der Waals surface area contributed by atoms with Crippen LogP contribution in [0.15, 0.2) is 12.1 Å². The van der Waals surface area contributed by atoms with Crippen LogP contribution in [0.3, 0.4) is 0 Å². The Morgan fingerprint density at radius 2 is 1.62 bits per heavy atom. The first-order valence-corrected chi connectivity index (χ1v) is 14.1. The maximum atomic E-state index is 12.9. The van der Waals surface area contributed by atoms with Gasteiger partial charge in [-0.2, -0.15) is 0 Å². The summed E-state index contributed by atoms with van der Waals surface area (Å²) in [5, 5.41) is 2.35. The number of nitrogens with zero attached hydrogens (tertiary/aromatic N) is 4. The summed E-state index contributed by atoms with van der Waals surface area (Å²) < 4.78 is 0. The molecular formula is C28H39N5O4. The number of piperidine rings is 3. The van der Waals surface area contributed by atoms with E-state index in [9.17, 15) is 19.2 Å². The summed E-state index contributed by atoms with van der Waals surface area (Å²) in [7, 11) is 0. The maximum absolute atomic E-state index is 12.9. The van der Waals surface area contributed by atoms with Crippen LogP contribution in [0, 0.1) is 17.8 Å². The van der Waals surface area contributed by atoms with E-state index >= 15 is 0 Å². The second-order valence-corrected chi connectivity index (χ2v) is 11.1. The number of likely N-dealkylation sites (tertiary alicyclic amines) is 1. The maximum Gasteiger partial charge on any atom is 0.256 e. The van der Waals surface area contributed by atoms with Gasteiger partial charge in [0, 0.05) is 38.5 Å². The van der Waals surface area contributed by atoms with Gasteiger partial charge >= 0.3 is 0 Å². The summed E-state index contributed by atoms with van der Waals surface area (Å²) in [4.78, 5) is 60.3. The molecule has 4 aliphatic heterocycles. The van der Waals surface area contributed by atoms with E-state index in [1.807, 2.05) is 12.1 Å². The Hall–Kier alpha value is -2.97. The van der Waals surface area contributed by atoms with E-state index in [2.05, 4.69) is 29.0 Å². The number of carbonyl (C=O) groups excluding carboxylic acids is 4. The van der Waals surface area contributed by atoms with E-state index in [0.717, 1.165) is 70.5 Å². The summed E-state index contributed by atoms with van der Waals surface area (Å²) in [5.74, 6) is 1.90. The summed E-state index contributed by atoms with van der Waals surface area (Å²) in [6.45, 7) is 8.18. The van der Waals surface area contributed by atoms with Crippen LogP contribution in [0.1, 0.15) is 81.3 Å². The number of imide groups is 1. The number of pyridine rings is 1. The standard InChI is InChI=1S/C28H39N5O4/c1-3-18(4-2)27(36)32-15-11-20(12-16-32)19-9-13-31(14-10-19)24-7-5-21-22(29-24)17-33(28(21)37)23-6-8-25(34)30-26(23)35/h5,7,18-20,23H,3-4,6,8-17H2,1-2H3,(H,30,34,35). The number of rotatable bonds is 6. The number of anilines is 1. The molecule has 1 N–H and O–H groups in total. The molecule has 1 atom stereocenters. The Morgan fingerprint density at radius 1 is 0.973 bits per heavy atom. The molecule has 37 heavy (non-hydrogen) atoms. The van der Waals surface area contributed by atoms with Crippen molar-refractivity contribution in [1.29, 1.82) is 0 Å². The highest BCUT2D eigenvalue weighted by Crippen LogP contribution is 2.35. The molecule has 3 saturated heterocycles. The Labute approximate surface area is 218 Å². The summed E-state index contributed by atoms with van der Waals surface area (Å²) in [6.07, 6.45) is 6.89. The van der Waals surface area contributed by atoms with Crippen molar-refractivity contribution in [1.82, 2.24) is 20.1 Å². The van der Waals surface area contributed by atoms with Crippen LogP contribution in [-0.2, 0) is 20.9 Å². The molecule has 1 unspecified atom stereocenters. The number of amides is 4. The van der Waals surface area contributed by atoms with Crippen molar-refractivity contribution >= 4 is 29.4 Å². The van der Waals surface area contributed by atoms with Gasteiger partial charge in [-0.05, 0) is 68.9 Å². The average Bonchev–Trinajstić information content (AvgIpc) is 3.24. The molecule has 9 nitrogen and oxygen atoms in total. The number of aromatic nitrogens is 1. The molecule has 1 aromatic rings. The van der Waals surface area contributed by atoms with Gasteiger partial charge in [0.15, 0.2) is 0 Å². The lowest BCUT2D eigenvalue weighted by molar-refractivity contribution is -0.138. The van der Waals surface area contributed by atoms with Crippen LogP contribution >= 0.6 is 0 Å². The molecule has 4 amide bonds. The zero-order chi connectivity index (χ0) is 26.1. The van der Waals surface area contributed by atoms with Gasteiger partial charge in [0.05, 0.1) is 17.8 Å². The minimum absolute atomic E-state index is 0.172. The zero-order valence-electron chi connectivity index (χ0n) is 22.1. The van der Waals surface area contributed by atoms with Gasteiger partial charge in [-0.3, -0.25) is 24.5 Å². The van der Waals surface area contributed by atoms with E-state index in [-0.39, 0.29) is 24.2 Å². The lowest BCUT2D eigenvalue weighted by Gasteiger charge is -2.41. The molecule has 0 spiro atoms. The summed E-state index contributed by atoms with van der Waals surface area (Å²) in [6, 6.07) is 3.15. The monoisotopic (exact) mass is 509 g/mol. The van der Waals surface area contributed by atoms with Gasteiger partial charge in [0.1, 0.15) is 11.9 Å². The van der Waals surface area contributed by atoms with Crippen molar-refractivity contribution in [3.8, 4) is 0 Å². The molecule has 0 radical (unpaired) electrons. The van der Waals surface area contributed by atoms with Gasteiger partial charge in [-0.15, -0.1) is 0 Å². The molecule has 5 rings (SSSR count). The second kappa shape index (κ2) is 10.8. The molecule has 0 aromatic carbocycles. The van der Waals surface area contributed by atoms with E-state index in [4.69, 9.17) is 4.98 Å². The molecule has 200 valence electrons. The van der Waals surface area contributed by atoms with Crippen LogP contribution in [0.2, 0.25) is 0 Å². The molecule has 0 bridgehead atoms. The molecular weight excluding hydrogens is 470 g/mol. The smallest absolute Gasteiger partial charge is 0.256 e. The normalized spacial score (nSPS) is 23.6.